The highest BCUT2D eigenvalue weighted by Crippen LogP contribution is 2.27. The summed E-state index contributed by atoms with van der Waals surface area (Å²) >= 11 is 1.23. The number of nitrogens with zero attached hydrogens (tertiary/aromatic N) is 3. The van der Waals surface area contributed by atoms with Crippen molar-refractivity contribution in [2.75, 3.05) is 7.11 Å². The van der Waals surface area contributed by atoms with Crippen LogP contribution in [0.5, 0.6) is 5.75 Å². The molecule has 1 N–H and O–H groups in total. The van der Waals surface area contributed by atoms with E-state index in [-0.39, 0.29) is 10.8 Å². The first-order valence-electron chi connectivity index (χ1n) is 7.83. The van der Waals surface area contributed by atoms with E-state index in [1.165, 1.54) is 11.3 Å². The van der Waals surface area contributed by atoms with Crippen LogP contribution < -0.4 is 9.61 Å². The Kier molecular flexibility index (Phi) is 3.85. The molecule has 0 radical (unpaired) electrons. The van der Waals surface area contributed by atoms with Crippen molar-refractivity contribution >= 4 is 21.6 Å². The van der Waals surface area contributed by atoms with Gasteiger partial charge in [-0.1, -0.05) is 24.3 Å². The number of fused-ring (bicyclic) bond motifs is 1. The van der Waals surface area contributed by atoms with Gasteiger partial charge in [0.25, 0.3) is 0 Å². The molecule has 1 aromatic carbocycles. The Morgan fingerprint density at radius 2 is 2.12 bits per heavy atom. The van der Waals surface area contributed by atoms with Crippen molar-refractivity contribution in [2.45, 2.75) is 12.8 Å². The number of nitrogens with one attached hydrogen (secondary N) is 1. The van der Waals surface area contributed by atoms with E-state index in [0.29, 0.717) is 5.75 Å². The second-order valence-corrected chi connectivity index (χ2v) is 6.75. The molecule has 25 heavy (non-hydrogen) atoms. The quantitative estimate of drug-likeness (QED) is 0.611. The number of hydrogen-bond acceptors (Lipinski definition) is 5. The number of thiazole rings is 1. The van der Waals surface area contributed by atoms with Crippen molar-refractivity contribution in [3.8, 4) is 11.6 Å². The molecule has 0 saturated carbocycles. The molecule has 0 amide bonds. The third-order valence-corrected chi connectivity index (χ3v) is 5.03. The van der Waals surface area contributed by atoms with Gasteiger partial charge in [-0.3, -0.25) is 4.79 Å². The van der Waals surface area contributed by atoms with Crippen LogP contribution in [-0.4, -0.2) is 26.9 Å². The number of aromatic amines is 1. The second-order valence-electron chi connectivity index (χ2n) is 5.73. The molecule has 1 atom stereocenters. The highest BCUT2D eigenvalue weighted by molar-refractivity contribution is 7.16. The van der Waals surface area contributed by atoms with Crippen LogP contribution in [0.15, 0.2) is 53.6 Å². The largest absolute Gasteiger partial charge is 0.495 e. The second kappa shape index (κ2) is 6.18. The maximum atomic E-state index is 11.5. The van der Waals surface area contributed by atoms with Gasteiger partial charge in [0.05, 0.1) is 29.2 Å². The molecule has 0 aliphatic heterocycles. The average Bonchev–Trinajstić information content (AvgIpc) is 3.26. The zero-order valence-electron chi connectivity index (χ0n) is 13.8. The maximum Gasteiger partial charge on any atom is 0.305 e. The zero-order chi connectivity index (χ0) is 17.4. The summed E-state index contributed by atoms with van der Waals surface area (Å²) in [5, 5.41) is 4.64. The van der Waals surface area contributed by atoms with E-state index in [1.54, 1.807) is 18.0 Å². The van der Waals surface area contributed by atoms with Crippen LogP contribution in [0.2, 0.25) is 0 Å². The normalized spacial score (nSPS) is 12.4. The van der Waals surface area contributed by atoms with Crippen molar-refractivity contribution in [2.24, 2.45) is 0 Å². The van der Waals surface area contributed by atoms with E-state index in [0.717, 1.165) is 27.3 Å². The molecule has 0 aliphatic rings. The minimum absolute atomic E-state index is 0.0327. The number of rotatable bonds is 4. The summed E-state index contributed by atoms with van der Waals surface area (Å²) in [5.74, 6) is 1.56. The van der Waals surface area contributed by atoms with Gasteiger partial charge < -0.3 is 9.72 Å². The topological polar surface area (TPSA) is 72.8 Å². The van der Waals surface area contributed by atoms with Gasteiger partial charge in [0.1, 0.15) is 5.75 Å². The highest BCUT2D eigenvalue weighted by Gasteiger charge is 2.14. The first-order valence-corrected chi connectivity index (χ1v) is 8.64. The molecule has 4 aromatic rings. The first-order chi connectivity index (χ1) is 12.1. The van der Waals surface area contributed by atoms with E-state index in [4.69, 9.17) is 4.74 Å². The SMILES string of the molecule is COc1ccc(-n2ccc(C(C)c3ccc4[nH]c(=O)sc4c3)n2)nc1. The van der Waals surface area contributed by atoms with Crippen molar-refractivity contribution in [3.05, 3.63) is 69.7 Å². The molecule has 0 fully saturated rings. The number of aromatic nitrogens is 4. The van der Waals surface area contributed by atoms with Crippen LogP contribution in [0.25, 0.3) is 16.0 Å². The number of methoxy groups -OCH3 is 1. The highest BCUT2D eigenvalue weighted by atomic mass is 32.1. The minimum atomic E-state index is -0.0327. The molecule has 0 bridgehead atoms. The number of pyridine rings is 1. The predicted molar refractivity (Wildman–Crippen MR) is 97.9 cm³/mol. The van der Waals surface area contributed by atoms with Gasteiger partial charge in [0.15, 0.2) is 5.82 Å². The third kappa shape index (κ3) is 2.94. The number of benzene rings is 1. The van der Waals surface area contributed by atoms with Gasteiger partial charge in [0, 0.05) is 12.1 Å². The number of hydrogen-bond donors (Lipinski definition) is 1. The molecule has 6 nitrogen and oxygen atoms in total. The van der Waals surface area contributed by atoms with Crippen molar-refractivity contribution in [1.29, 1.82) is 0 Å². The molecule has 0 aliphatic carbocycles. The molecule has 1 unspecified atom stereocenters. The van der Waals surface area contributed by atoms with E-state index in [2.05, 4.69) is 22.0 Å². The van der Waals surface area contributed by atoms with Gasteiger partial charge in [-0.05, 0) is 35.9 Å². The molecule has 126 valence electrons. The lowest BCUT2D eigenvalue weighted by molar-refractivity contribution is 0.412. The van der Waals surface area contributed by atoms with Crippen LogP contribution in [-0.2, 0) is 0 Å². The Balaban J connectivity index is 1.64. The van der Waals surface area contributed by atoms with Crippen LogP contribution in [0.1, 0.15) is 24.1 Å². The lowest BCUT2D eigenvalue weighted by Crippen LogP contribution is -2.02. The van der Waals surface area contributed by atoms with Crippen molar-refractivity contribution in [3.63, 3.8) is 0 Å². The van der Waals surface area contributed by atoms with Gasteiger partial charge in [-0.15, -0.1) is 0 Å². The molecule has 7 heteroatoms. The summed E-state index contributed by atoms with van der Waals surface area (Å²) in [6, 6.07) is 11.7. The van der Waals surface area contributed by atoms with E-state index < -0.39 is 0 Å². The number of ether oxygens (including phenoxy) is 1. The van der Waals surface area contributed by atoms with Crippen LogP contribution in [0.3, 0.4) is 0 Å². The summed E-state index contributed by atoms with van der Waals surface area (Å²) in [6.07, 6.45) is 3.57. The fourth-order valence-corrected chi connectivity index (χ4v) is 3.51. The lowest BCUT2D eigenvalue weighted by Gasteiger charge is -2.09. The molecule has 0 saturated heterocycles. The molecule has 0 spiro atoms. The van der Waals surface area contributed by atoms with Crippen LogP contribution in [0, 0.1) is 0 Å². The van der Waals surface area contributed by atoms with E-state index >= 15 is 0 Å². The maximum absolute atomic E-state index is 11.5. The monoisotopic (exact) mass is 352 g/mol. The summed E-state index contributed by atoms with van der Waals surface area (Å²) in [4.78, 5) is 18.6. The molecule has 3 heterocycles. The Bertz CT molecular complexity index is 1080. The van der Waals surface area contributed by atoms with Gasteiger partial charge in [-0.2, -0.15) is 5.10 Å². The van der Waals surface area contributed by atoms with Crippen molar-refractivity contribution in [1.82, 2.24) is 19.7 Å². The Morgan fingerprint density at radius 1 is 1.24 bits per heavy atom. The molecular formula is C18H16N4O2S. The Hall–Kier alpha value is -2.93. The van der Waals surface area contributed by atoms with Crippen LogP contribution >= 0.6 is 11.3 Å². The summed E-state index contributed by atoms with van der Waals surface area (Å²) in [7, 11) is 1.61. The average molecular weight is 352 g/mol. The van der Waals surface area contributed by atoms with Crippen LogP contribution in [0.4, 0.5) is 0 Å². The predicted octanol–water partition coefficient (Wildman–Crippen LogP) is 3.33. The molecule has 3 aromatic heterocycles. The zero-order valence-corrected chi connectivity index (χ0v) is 14.6. The standard InChI is InChI=1S/C18H16N4O2S/c1-11(12-3-5-15-16(9-12)25-18(23)20-15)14-7-8-22(21-14)17-6-4-13(24-2)10-19-17/h3-11H,1-2H3,(H,20,23). The molecule has 4 rings (SSSR count). The Morgan fingerprint density at radius 3 is 2.88 bits per heavy atom. The first kappa shape index (κ1) is 15.6. The lowest BCUT2D eigenvalue weighted by atomic mass is 9.98. The van der Waals surface area contributed by atoms with E-state index in [9.17, 15) is 4.79 Å². The van der Waals surface area contributed by atoms with Gasteiger partial charge in [-0.25, -0.2) is 9.67 Å². The minimum Gasteiger partial charge on any atom is -0.495 e. The fourth-order valence-electron chi connectivity index (χ4n) is 2.73. The van der Waals surface area contributed by atoms with Gasteiger partial charge >= 0.3 is 4.87 Å². The van der Waals surface area contributed by atoms with Gasteiger partial charge in [0.2, 0.25) is 0 Å². The van der Waals surface area contributed by atoms with E-state index in [1.807, 2.05) is 42.6 Å². The summed E-state index contributed by atoms with van der Waals surface area (Å²) < 4.78 is 7.84. The third-order valence-electron chi connectivity index (χ3n) is 4.19. The number of H-pyrrole nitrogens is 1. The van der Waals surface area contributed by atoms with Crippen molar-refractivity contribution < 1.29 is 4.74 Å². The summed E-state index contributed by atoms with van der Waals surface area (Å²) in [6.45, 7) is 2.10. The Labute approximate surface area is 147 Å². The summed E-state index contributed by atoms with van der Waals surface area (Å²) in [5.41, 5.74) is 2.94. The smallest absolute Gasteiger partial charge is 0.305 e. The fraction of sp³-hybridized carbons (Fsp3) is 0.167. The molecular weight excluding hydrogens is 336 g/mol.